The lowest BCUT2D eigenvalue weighted by Crippen LogP contribution is -2.47. The number of hydrogen-bond acceptors (Lipinski definition) is 2. The SMILES string of the molecule is CC(C)c1ccc(NC(=O)C(Cc2ccccc2)NC(=O)C2CCCCC2)cc1. The summed E-state index contributed by atoms with van der Waals surface area (Å²) in [4.78, 5) is 25.8. The maximum Gasteiger partial charge on any atom is 0.247 e. The standard InChI is InChI=1S/C25H32N2O2/c1-18(2)20-13-15-22(16-14-20)26-25(29)23(17-19-9-5-3-6-10-19)27-24(28)21-11-7-4-8-12-21/h3,5-6,9-10,13-16,18,21,23H,4,7-8,11-12,17H2,1-2H3,(H,26,29)(H,27,28). The van der Waals surface area contributed by atoms with Gasteiger partial charge in [0.2, 0.25) is 11.8 Å². The molecule has 2 N–H and O–H groups in total. The van der Waals surface area contributed by atoms with E-state index in [1.807, 2.05) is 54.6 Å². The molecule has 1 aliphatic rings. The third kappa shape index (κ3) is 6.18. The highest BCUT2D eigenvalue weighted by Crippen LogP contribution is 2.24. The van der Waals surface area contributed by atoms with Gasteiger partial charge < -0.3 is 10.6 Å². The van der Waals surface area contributed by atoms with E-state index >= 15 is 0 Å². The molecule has 4 heteroatoms. The molecule has 154 valence electrons. The molecule has 1 atom stereocenters. The van der Waals surface area contributed by atoms with Crippen LogP contribution in [0.4, 0.5) is 5.69 Å². The van der Waals surface area contributed by atoms with Crippen molar-refractivity contribution in [3.8, 4) is 0 Å². The van der Waals surface area contributed by atoms with Crippen LogP contribution in [0.5, 0.6) is 0 Å². The van der Waals surface area contributed by atoms with Crippen LogP contribution in [0, 0.1) is 5.92 Å². The van der Waals surface area contributed by atoms with E-state index in [4.69, 9.17) is 0 Å². The highest BCUT2D eigenvalue weighted by Gasteiger charge is 2.27. The summed E-state index contributed by atoms with van der Waals surface area (Å²) in [6.45, 7) is 4.29. The van der Waals surface area contributed by atoms with Crippen molar-refractivity contribution < 1.29 is 9.59 Å². The number of carbonyl (C=O) groups excluding carboxylic acids is 2. The Balaban J connectivity index is 1.70. The minimum Gasteiger partial charge on any atom is -0.344 e. The predicted octanol–water partition coefficient (Wildman–Crippen LogP) is 5.06. The van der Waals surface area contributed by atoms with Crippen molar-refractivity contribution in [2.24, 2.45) is 5.92 Å². The molecule has 0 aliphatic heterocycles. The molecule has 4 nitrogen and oxygen atoms in total. The van der Waals surface area contributed by atoms with Crippen molar-refractivity contribution in [1.82, 2.24) is 5.32 Å². The van der Waals surface area contributed by atoms with E-state index in [0.29, 0.717) is 12.3 Å². The molecule has 2 aromatic carbocycles. The van der Waals surface area contributed by atoms with E-state index in [0.717, 1.165) is 36.9 Å². The molecule has 3 rings (SSSR count). The summed E-state index contributed by atoms with van der Waals surface area (Å²) in [5, 5.41) is 6.02. The van der Waals surface area contributed by atoms with Crippen LogP contribution in [0.1, 0.15) is 63.0 Å². The quantitative estimate of drug-likeness (QED) is 0.692. The van der Waals surface area contributed by atoms with Crippen LogP contribution < -0.4 is 10.6 Å². The lowest BCUT2D eigenvalue weighted by molar-refractivity contribution is -0.130. The van der Waals surface area contributed by atoms with Crippen molar-refractivity contribution in [3.63, 3.8) is 0 Å². The second-order valence-electron chi connectivity index (χ2n) is 8.35. The molecule has 0 radical (unpaired) electrons. The van der Waals surface area contributed by atoms with Gasteiger partial charge in [0.05, 0.1) is 0 Å². The maximum atomic E-state index is 13.0. The smallest absolute Gasteiger partial charge is 0.247 e. The van der Waals surface area contributed by atoms with Gasteiger partial charge in [-0.25, -0.2) is 0 Å². The van der Waals surface area contributed by atoms with Gasteiger partial charge in [0.15, 0.2) is 0 Å². The van der Waals surface area contributed by atoms with Gasteiger partial charge in [0, 0.05) is 18.0 Å². The molecule has 1 fully saturated rings. The van der Waals surface area contributed by atoms with Crippen molar-refractivity contribution in [3.05, 3.63) is 65.7 Å². The molecule has 0 bridgehead atoms. The van der Waals surface area contributed by atoms with Crippen LogP contribution in [0.3, 0.4) is 0 Å². The van der Waals surface area contributed by atoms with Gasteiger partial charge in [-0.15, -0.1) is 0 Å². The largest absolute Gasteiger partial charge is 0.344 e. The fraction of sp³-hybridized carbons (Fsp3) is 0.440. The van der Waals surface area contributed by atoms with Gasteiger partial charge >= 0.3 is 0 Å². The molecule has 0 spiro atoms. The lowest BCUT2D eigenvalue weighted by atomic mass is 9.88. The number of nitrogens with one attached hydrogen (secondary N) is 2. The Morgan fingerprint density at radius 2 is 1.59 bits per heavy atom. The van der Waals surface area contributed by atoms with Gasteiger partial charge in [0.1, 0.15) is 6.04 Å². The van der Waals surface area contributed by atoms with E-state index in [2.05, 4.69) is 24.5 Å². The van der Waals surface area contributed by atoms with E-state index in [-0.39, 0.29) is 17.7 Å². The molecule has 0 saturated heterocycles. The minimum atomic E-state index is -0.586. The van der Waals surface area contributed by atoms with Crippen molar-refractivity contribution >= 4 is 17.5 Å². The lowest BCUT2D eigenvalue weighted by Gasteiger charge is -2.25. The minimum absolute atomic E-state index is 0.0101. The van der Waals surface area contributed by atoms with Crippen molar-refractivity contribution in [2.75, 3.05) is 5.32 Å². The Morgan fingerprint density at radius 1 is 0.931 bits per heavy atom. The zero-order chi connectivity index (χ0) is 20.6. The topological polar surface area (TPSA) is 58.2 Å². The second-order valence-corrected chi connectivity index (χ2v) is 8.35. The Labute approximate surface area is 174 Å². The molecule has 2 aromatic rings. The fourth-order valence-electron chi connectivity index (χ4n) is 3.89. The van der Waals surface area contributed by atoms with Gasteiger partial charge in [0.25, 0.3) is 0 Å². The molecule has 0 aromatic heterocycles. The number of rotatable bonds is 7. The van der Waals surface area contributed by atoms with E-state index in [1.54, 1.807) is 0 Å². The molecule has 1 aliphatic carbocycles. The summed E-state index contributed by atoms with van der Waals surface area (Å²) >= 11 is 0. The molecule has 29 heavy (non-hydrogen) atoms. The van der Waals surface area contributed by atoms with Crippen LogP contribution in [0.15, 0.2) is 54.6 Å². The molecular formula is C25H32N2O2. The Bertz CT molecular complexity index is 793. The fourth-order valence-corrected chi connectivity index (χ4v) is 3.89. The zero-order valence-electron chi connectivity index (χ0n) is 17.5. The van der Waals surface area contributed by atoms with Gasteiger partial charge in [-0.1, -0.05) is 75.6 Å². The van der Waals surface area contributed by atoms with Crippen LogP contribution in [0.25, 0.3) is 0 Å². The molecule has 1 unspecified atom stereocenters. The highest BCUT2D eigenvalue weighted by atomic mass is 16.2. The first-order valence-corrected chi connectivity index (χ1v) is 10.8. The summed E-state index contributed by atoms with van der Waals surface area (Å²) in [7, 11) is 0. The van der Waals surface area contributed by atoms with Crippen LogP contribution >= 0.6 is 0 Å². The monoisotopic (exact) mass is 392 g/mol. The predicted molar refractivity (Wildman–Crippen MR) is 118 cm³/mol. The third-order valence-corrected chi connectivity index (χ3v) is 5.74. The third-order valence-electron chi connectivity index (χ3n) is 5.74. The number of benzene rings is 2. The van der Waals surface area contributed by atoms with Crippen LogP contribution in [0.2, 0.25) is 0 Å². The highest BCUT2D eigenvalue weighted by molar-refractivity contribution is 5.97. The Kier molecular flexibility index (Phi) is 7.45. The summed E-state index contributed by atoms with van der Waals surface area (Å²) in [5.41, 5.74) is 3.02. The summed E-state index contributed by atoms with van der Waals surface area (Å²) in [6.07, 6.45) is 5.70. The zero-order valence-corrected chi connectivity index (χ0v) is 17.5. The summed E-state index contributed by atoms with van der Waals surface area (Å²) in [5.74, 6) is 0.312. The van der Waals surface area contributed by atoms with Gasteiger partial charge in [-0.05, 0) is 42.0 Å². The van der Waals surface area contributed by atoms with E-state index in [9.17, 15) is 9.59 Å². The molecular weight excluding hydrogens is 360 g/mol. The Hall–Kier alpha value is -2.62. The summed E-state index contributed by atoms with van der Waals surface area (Å²) < 4.78 is 0. The van der Waals surface area contributed by atoms with Crippen LogP contribution in [-0.2, 0) is 16.0 Å². The van der Waals surface area contributed by atoms with Crippen LogP contribution in [-0.4, -0.2) is 17.9 Å². The second kappa shape index (κ2) is 10.2. The number of anilines is 1. The number of carbonyl (C=O) groups is 2. The first-order valence-electron chi connectivity index (χ1n) is 10.8. The van der Waals surface area contributed by atoms with Gasteiger partial charge in [-0.2, -0.15) is 0 Å². The number of hydrogen-bond donors (Lipinski definition) is 2. The molecule has 2 amide bonds. The van der Waals surface area contributed by atoms with Crippen molar-refractivity contribution in [1.29, 1.82) is 0 Å². The summed E-state index contributed by atoms with van der Waals surface area (Å²) in [6, 6.07) is 17.2. The van der Waals surface area contributed by atoms with Crippen molar-refractivity contribution in [2.45, 2.75) is 64.3 Å². The first-order chi connectivity index (χ1) is 14.0. The average Bonchev–Trinajstić information content (AvgIpc) is 2.75. The Morgan fingerprint density at radius 3 is 2.21 bits per heavy atom. The first kappa shape index (κ1) is 21.1. The van der Waals surface area contributed by atoms with Gasteiger partial charge in [-0.3, -0.25) is 9.59 Å². The van der Waals surface area contributed by atoms with E-state index < -0.39 is 6.04 Å². The average molecular weight is 393 g/mol. The molecule has 0 heterocycles. The maximum absolute atomic E-state index is 13.0. The normalized spacial score (nSPS) is 15.7. The van der Waals surface area contributed by atoms with E-state index in [1.165, 1.54) is 12.0 Å². The number of amides is 2. The molecule has 1 saturated carbocycles.